The lowest BCUT2D eigenvalue weighted by atomic mass is 10.2. The molecule has 0 aliphatic carbocycles. The van der Waals surface area contributed by atoms with Gasteiger partial charge in [0.1, 0.15) is 0 Å². The zero-order chi connectivity index (χ0) is 15.0. The van der Waals surface area contributed by atoms with Crippen LogP contribution >= 0.6 is 0 Å². The third kappa shape index (κ3) is 2.33. The number of oxazole rings is 1. The van der Waals surface area contributed by atoms with E-state index in [4.69, 9.17) is 4.42 Å². The van der Waals surface area contributed by atoms with E-state index in [0.29, 0.717) is 12.1 Å². The lowest BCUT2D eigenvalue weighted by Crippen LogP contribution is -2.08. The third-order valence-electron chi connectivity index (χ3n) is 3.66. The smallest absolute Gasteiger partial charge is 0.405 e. The van der Waals surface area contributed by atoms with Crippen molar-refractivity contribution in [3.63, 3.8) is 0 Å². The van der Waals surface area contributed by atoms with Gasteiger partial charge in [-0.1, -0.05) is 6.07 Å². The van der Waals surface area contributed by atoms with Crippen LogP contribution < -0.4 is 11.1 Å². The molecule has 3 rings (SSSR count). The highest BCUT2D eigenvalue weighted by Gasteiger charge is 2.11. The largest absolute Gasteiger partial charge is 0.419 e. The first-order chi connectivity index (χ1) is 10.1. The first-order valence-corrected chi connectivity index (χ1v) is 6.95. The molecule has 0 unspecified atom stereocenters. The van der Waals surface area contributed by atoms with Crippen molar-refractivity contribution in [2.24, 2.45) is 7.05 Å². The Balaban J connectivity index is 1.90. The Morgan fingerprint density at radius 1 is 1.38 bits per heavy atom. The highest BCUT2D eigenvalue weighted by Crippen LogP contribution is 2.22. The summed E-state index contributed by atoms with van der Waals surface area (Å²) in [6, 6.07) is 5.68. The second-order valence-corrected chi connectivity index (χ2v) is 5.03. The van der Waals surface area contributed by atoms with Gasteiger partial charge >= 0.3 is 5.76 Å². The summed E-state index contributed by atoms with van der Waals surface area (Å²) >= 11 is 0. The van der Waals surface area contributed by atoms with Gasteiger partial charge in [0.05, 0.1) is 16.9 Å². The highest BCUT2D eigenvalue weighted by atomic mass is 16.4. The summed E-state index contributed by atoms with van der Waals surface area (Å²) in [5.74, 6) is -0.353. The summed E-state index contributed by atoms with van der Waals surface area (Å²) in [7, 11) is 1.70. The molecule has 21 heavy (non-hydrogen) atoms. The summed E-state index contributed by atoms with van der Waals surface area (Å²) < 4.78 is 8.71. The fourth-order valence-corrected chi connectivity index (χ4v) is 2.37. The molecule has 6 heteroatoms. The minimum atomic E-state index is -0.353. The maximum Gasteiger partial charge on any atom is 0.419 e. The normalized spacial score (nSPS) is 11.2. The minimum Gasteiger partial charge on any atom is -0.405 e. The summed E-state index contributed by atoms with van der Waals surface area (Å²) in [4.78, 5) is 11.6. The Labute approximate surface area is 122 Å². The van der Waals surface area contributed by atoms with E-state index in [1.807, 2.05) is 36.0 Å². The van der Waals surface area contributed by atoms with Crippen LogP contribution in [0.1, 0.15) is 18.2 Å². The van der Waals surface area contributed by atoms with Crippen molar-refractivity contribution < 1.29 is 4.42 Å². The number of rotatable bonds is 4. The number of aromatic nitrogens is 3. The van der Waals surface area contributed by atoms with Crippen LogP contribution in [0.5, 0.6) is 0 Å². The molecule has 110 valence electrons. The van der Waals surface area contributed by atoms with Gasteiger partial charge in [0.2, 0.25) is 0 Å². The van der Waals surface area contributed by atoms with Gasteiger partial charge in [-0.25, -0.2) is 4.79 Å². The predicted molar refractivity (Wildman–Crippen MR) is 81.4 cm³/mol. The molecule has 0 aliphatic rings. The predicted octanol–water partition coefficient (Wildman–Crippen LogP) is 2.27. The molecule has 0 fully saturated rings. The first kappa shape index (κ1) is 13.5. The quantitative estimate of drug-likeness (QED) is 0.799. The number of para-hydroxylation sites is 1. The second-order valence-electron chi connectivity index (χ2n) is 5.03. The number of anilines is 1. The number of hydrogen-bond donors (Lipinski definition) is 1. The van der Waals surface area contributed by atoms with Crippen molar-refractivity contribution >= 4 is 16.8 Å². The molecule has 0 spiro atoms. The molecule has 0 saturated heterocycles. The molecule has 0 amide bonds. The van der Waals surface area contributed by atoms with Crippen molar-refractivity contribution in [2.45, 2.75) is 26.9 Å². The van der Waals surface area contributed by atoms with E-state index in [1.54, 1.807) is 7.05 Å². The number of fused-ring (bicyclic) bond motifs is 1. The van der Waals surface area contributed by atoms with Crippen molar-refractivity contribution in [3.05, 3.63) is 46.2 Å². The van der Waals surface area contributed by atoms with E-state index in [9.17, 15) is 4.79 Å². The Bertz CT molecular complexity index is 841. The highest BCUT2D eigenvalue weighted by molar-refractivity contribution is 5.86. The molecule has 0 saturated carbocycles. The van der Waals surface area contributed by atoms with Crippen LogP contribution in [-0.2, 0) is 20.1 Å². The first-order valence-electron chi connectivity index (χ1n) is 6.95. The molecule has 2 aromatic heterocycles. The van der Waals surface area contributed by atoms with Crippen LogP contribution in [0.2, 0.25) is 0 Å². The van der Waals surface area contributed by atoms with E-state index in [0.717, 1.165) is 29.0 Å². The van der Waals surface area contributed by atoms with Crippen molar-refractivity contribution in [3.8, 4) is 0 Å². The van der Waals surface area contributed by atoms with Crippen LogP contribution in [0.25, 0.3) is 11.1 Å². The lowest BCUT2D eigenvalue weighted by Gasteiger charge is -2.05. The number of nitrogens with one attached hydrogen (secondary N) is 1. The third-order valence-corrected chi connectivity index (χ3v) is 3.66. The molecule has 0 atom stereocenters. The second kappa shape index (κ2) is 5.12. The summed E-state index contributed by atoms with van der Waals surface area (Å²) in [6.45, 7) is 5.54. The molecule has 1 aromatic carbocycles. The topological polar surface area (TPSA) is 65.0 Å². The monoisotopic (exact) mass is 286 g/mol. The molecule has 1 N–H and O–H groups in total. The fourth-order valence-electron chi connectivity index (χ4n) is 2.37. The Hall–Kier alpha value is -2.50. The molecule has 3 aromatic rings. The van der Waals surface area contributed by atoms with E-state index in [2.05, 4.69) is 17.3 Å². The standard InChI is InChI=1S/C15H18N4O2/c1-4-19-9-11(10(2)17-19)8-16-12-6-5-7-13-14(12)21-15(20)18(13)3/h5-7,9,16H,4,8H2,1-3H3. The number of hydrogen-bond acceptors (Lipinski definition) is 4. The SMILES string of the molecule is CCn1cc(CNc2cccc3c2oc(=O)n3C)c(C)n1. The van der Waals surface area contributed by atoms with E-state index >= 15 is 0 Å². The zero-order valence-corrected chi connectivity index (χ0v) is 12.4. The van der Waals surface area contributed by atoms with E-state index in [1.165, 1.54) is 4.57 Å². The zero-order valence-electron chi connectivity index (χ0n) is 12.4. The van der Waals surface area contributed by atoms with E-state index in [-0.39, 0.29) is 5.76 Å². The minimum absolute atomic E-state index is 0.353. The number of nitrogens with zero attached hydrogens (tertiary/aromatic N) is 3. The maximum absolute atomic E-state index is 11.6. The van der Waals surface area contributed by atoms with Gasteiger partial charge in [0.25, 0.3) is 0 Å². The molecule has 6 nitrogen and oxygen atoms in total. The van der Waals surface area contributed by atoms with Crippen LogP contribution in [0, 0.1) is 6.92 Å². The molecular formula is C15H18N4O2. The van der Waals surface area contributed by atoms with Crippen LogP contribution in [0.15, 0.2) is 33.6 Å². The van der Waals surface area contributed by atoms with Crippen LogP contribution in [-0.4, -0.2) is 14.3 Å². The Morgan fingerprint density at radius 2 is 2.19 bits per heavy atom. The Kier molecular flexibility index (Phi) is 3.29. The van der Waals surface area contributed by atoms with Gasteiger partial charge < -0.3 is 9.73 Å². The van der Waals surface area contributed by atoms with Crippen LogP contribution in [0.3, 0.4) is 0 Å². The molecule has 0 aliphatic heterocycles. The number of benzene rings is 1. The number of aryl methyl sites for hydroxylation is 3. The van der Waals surface area contributed by atoms with Crippen molar-refractivity contribution in [1.29, 1.82) is 0 Å². The van der Waals surface area contributed by atoms with Crippen LogP contribution in [0.4, 0.5) is 5.69 Å². The molecule has 0 radical (unpaired) electrons. The summed E-state index contributed by atoms with van der Waals surface area (Å²) in [5, 5.41) is 7.74. The molecule has 2 heterocycles. The van der Waals surface area contributed by atoms with Gasteiger partial charge in [-0.3, -0.25) is 9.25 Å². The average Bonchev–Trinajstić information content (AvgIpc) is 2.98. The maximum atomic E-state index is 11.6. The van der Waals surface area contributed by atoms with Gasteiger partial charge in [-0.2, -0.15) is 5.10 Å². The van der Waals surface area contributed by atoms with Gasteiger partial charge in [0.15, 0.2) is 5.58 Å². The van der Waals surface area contributed by atoms with Gasteiger partial charge in [-0.05, 0) is 26.0 Å². The molecular weight excluding hydrogens is 268 g/mol. The van der Waals surface area contributed by atoms with Crippen molar-refractivity contribution in [1.82, 2.24) is 14.3 Å². The van der Waals surface area contributed by atoms with Crippen molar-refractivity contribution in [2.75, 3.05) is 5.32 Å². The Morgan fingerprint density at radius 3 is 2.90 bits per heavy atom. The van der Waals surface area contributed by atoms with Gasteiger partial charge in [0, 0.05) is 31.9 Å². The van der Waals surface area contributed by atoms with E-state index < -0.39 is 0 Å². The summed E-state index contributed by atoms with van der Waals surface area (Å²) in [5.41, 5.74) is 4.32. The summed E-state index contributed by atoms with van der Waals surface area (Å²) in [6.07, 6.45) is 2.03. The molecule has 0 bridgehead atoms. The lowest BCUT2D eigenvalue weighted by molar-refractivity contribution is 0.528. The fraction of sp³-hybridized carbons (Fsp3) is 0.333. The average molecular weight is 286 g/mol. The van der Waals surface area contributed by atoms with Gasteiger partial charge in [-0.15, -0.1) is 0 Å².